The van der Waals surface area contributed by atoms with E-state index in [9.17, 15) is 39.6 Å². The summed E-state index contributed by atoms with van der Waals surface area (Å²) in [6, 6.07) is 21.3. The zero-order valence-electron chi connectivity index (χ0n) is 37.6. The fourth-order valence-corrected chi connectivity index (χ4v) is 7.56. The average molecular weight is 893 g/mol. The third-order valence-electron chi connectivity index (χ3n) is 10.9. The lowest BCUT2D eigenvalue weighted by atomic mass is 9.80. The van der Waals surface area contributed by atoms with Crippen LogP contribution in [0, 0.1) is 23.7 Å². The van der Waals surface area contributed by atoms with Gasteiger partial charge in [0.1, 0.15) is 0 Å². The minimum atomic E-state index is -0.976. The molecule has 0 aliphatic carbocycles. The largest absolute Gasteiger partial charge is 0.493 e. The maximum absolute atomic E-state index is 12.2. The first-order valence-corrected chi connectivity index (χ1v) is 20.4. The Morgan fingerprint density at radius 1 is 0.375 bits per heavy atom. The van der Waals surface area contributed by atoms with Gasteiger partial charge in [0.15, 0.2) is 46.0 Å². The van der Waals surface area contributed by atoms with Crippen LogP contribution >= 0.6 is 0 Å². The molecule has 0 saturated heterocycles. The second-order valence-corrected chi connectivity index (χ2v) is 14.8. The van der Waals surface area contributed by atoms with Crippen LogP contribution < -0.4 is 37.9 Å². The molecule has 16 nitrogen and oxygen atoms in total. The van der Waals surface area contributed by atoms with Gasteiger partial charge in [-0.3, -0.25) is 19.2 Å². The monoisotopic (exact) mass is 892 g/mol. The van der Waals surface area contributed by atoms with E-state index in [1.54, 1.807) is 60.7 Å². The van der Waals surface area contributed by atoms with E-state index in [2.05, 4.69) is 0 Å². The van der Waals surface area contributed by atoms with Gasteiger partial charge in [0.05, 0.1) is 68.7 Å². The summed E-state index contributed by atoms with van der Waals surface area (Å²) < 4.78 is 42.4. The third-order valence-corrected chi connectivity index (χ3v) is 10.9. The molecular weight excluding hydrogens is 833 g/mol. The van der Waals surface area contributed by atoms with Crippen LogP contribution in [-0.2, 0) is 44.9 Å². The second-order valence-electron chi connectivity index (χ2n) is 14.8. The van der Waals surface area contributed by atoms with Crippen molar-refractivity contribution in [3.63, 3.8) is 0 Å². The number of rotatable bonds is 26. The normalized spacial score (nSPS) is 12.5. The highest BCUT2D eigenvalue weighted by molar-refractivity contribution is 5.72. The summed E-state index contributed by atoms with van der Waals surface area (Å²) in [5.41, 5.74) is 3.22. The highest BCUT2D eigenvalue weighted by Gasteiger charge is 2.31. The number of ether oxygens (including phenoxy) is 8. The van der Waals surface area contributed by atoms with E-state index in [-0.39, 0.29) is 38.5 Å². The molecule has 0 radical (unpaired) electrons. The summed E-state index contributed by atoms with van der Waals surface area (Å²) in [7, 11) is 12.2. The molecule has 0 heterocycles. The van der Waals surface area contributed by atoms with Crippen LogP contribution in [0.5, 0.6) is 46.0 Å². The number of benzene rings is 4. The molecule has 0 saturated carbocycles. The van der Waals surface area contributed by atoms with Gasteiger partial charge in [-0.05, 0) is 121 Å². The van der Waals surface area contributed by atoms with Gasteiger partial charge in [-0.15, -0.1) is 0 Å². The fraction of sp³-hybridized carbons (Fsp3) is 0.417. The lowest BCUT2D eigenvalue weighted by Gasteiger charge is -2.24. The minimum absolute atomic E-state index is 0.117. The van der Waals surface area contributed by atoms with Crippen LogP contribution in [0.1, 0.15) is 47.9 Å². The third kappa shape index (κ3) is 15.2. The van der Waals surface area contributed by atoms with Crippen molar-refractivity contribution in [2.75, 3.05) is 56.9 Å². The molecule has 4 aromatic rings. The molecule has 4 N–H and O–H groups in total. The number of carboxylic acid groups (broad SMARTS) is 4. The molecule has 0 aliphatic heterocycles. The summed E-state index contributed by atoms with van der Waals surface area (Å²) in [4.78, 5) is 46.9. The average Bonchev–Trinajstić information content (AvgIpc) is 3.29. The molecule has 4 rings (SSSR count). The summed E-state index contributed by atoms with van der Waals surface area (Å²) in [6.45, 7) is 0. The number of hydrogen-bond donors (Lipinski definition) is 4. The number of methoxy groups -OCH3 is 8. The molecule has 0 unspecified atom stereocenters. The van der Waals surface area contributed by atoms with Crippen LogP contribution in [0.15, 0.2) is 72.8 Å². The highest BCUT2D eigenvalue weighted by atomic mass is 16.5. The SMILES string of the molecule is COc1ccc(C[C@@H](CCC(=O)O)[C@@H](Cc2ccc(OC)c(OC)c2)C(=O)O)cc1OC.COc1ccc(C[C@H](CCC(=O)O)[C@H](Cc2ccc(OC)c(OC)c2)C(=O)O)cc1OC. The summed E-state index contributed by atoms with van der Waals surface area (Å²) >= 11 is 0. The van der Waals surface area contributed by atoms with E-state index >= 15 is 0 Å². The molecule has 0 bridgehead atoms. The van der Waals surface area contributed by atoms with Crippen molar-refractivity contribution in [3.8, 4) is 46.0 Å². The minimum Gasteiger partial charge on any atom is -0.493 e. The van der Waals surface area contributed by atoms with Gasteiger partial charge in [-0.25, -0.2) is 0 Å². The first kappa shape index (κ1) is 51.5. The van der Waals surface area contributed by atoms with Crippen molar-refractivity contribution >= 4 is 23.9 Å². The lowest BCUT2D eigenvalue weighted by Crippen LogP contribution is -2.28. The van der Waals surface area contributed by atoms with Crippen LogP contribution in [0.25, 0.3) is 0 Å². The van der Waals surface area contributed by atoms with E-state index in [1.807, 2.05) is 12.1 Å². The molecule has 0 aromatic heterocycles. The van der Waals surface area contributed by atoms with Crippen molar-refractivity contribution in [1.29, 1.82) is 0 Å². The van der Waals surface area contributed by atoms with E-state index in [4.69, 9.17) is 37.9 Å². The maximum Gasteiger partial charge on any atom is 0.307 e. The highest BCUT2D eigenvalue weighted by Crippen LogP contribution is 2.36. The van der Waals surface area contributed by atoms with Crippen molar-refractivity contribution in [2.45, 2.75) is 51.4 Å². The molecule has 348 valence electrons. The first-order chi connectivity index (χ1) is 30.6. The Balaban J connectivity index is 0.000000340. The number of aliphatic carboxylic acids is 4. The maximum atomic E-state index is 12.2. The zero-order chi connectivity index (χ0) is 47.3. The lowest BCUT2D eigenvalue weighted by molar-refractivity contribution is -0.145. The van der Waals surface area contributed by atoms with Crippen molar-refractivity contribution in [2.24, 2.45) is 23.7 Å². The Bertz CT molecular complexity index is 2000. The number of carbonyl (C=O) groups is 4. The molecular formula is C48H60O16. The van der Waals surface area contributed by atoms with Crippen molar-refractivity contribution in [3.05, 3.63) is 95.1 Å². The van der Waals surface area contributed by atoms with Crippen LogP contribution in [0.2, 0.25) is 0 Å². The van der Waals surface area contributed by atoms with Crippen molar-refractivity contribution in [1.82, 2.24) is 0 Å². The standard InChI is InChI=1S/2C24H30O8/c2*1-29-19-8-5-15(13-21(19)31-3)11-17(7-10-23(25)26)18(24(27)28)12-16-6-9-20(30-2)22(14-16)32-4/h2*5-6,8-9,13-14,17-18H,7,10-12H2,1-4H3,(H,25,26)(H,27,28)/t2*17-,18-/m10/s1. The van der Waals surface area contributed by atoms with Gasteiger partial charge in [0.2, 0.25) is 0 Å². The molecule has 64 heavy (non-hydrogen) atoms. The van der Waals surface area contributed by atoms with Gasteiger partial charge in [-0.2, -0.15) is 0 Å². The number of hydrogen-bond acceptors (Lipinski definition) is 12. The molecule has 16 heteroatoms. The quantitative estimate of drug-likeness (QED) is 0.0483. The van der Waals surface area contributed by atoms with E-state index < -0.39 is 47.5 Å². The van der Waals surface area contributed by atoms with Crippen LogP contribution in [0.3, 0.4) is 0 Å². The molecule has 0 amide bonds. The molecule has 0 fully saturated rings. The Kier molecular flexibility index (Phi) is 20.9. The van der Waals surface area contributed by atoms with Gasteiger partial charge >= 0.3 is 23.9 Å². The second kappa shape index (κ2) is 25.9. The molecule has 4 aromatic carbocycles. The predicted molar refractivity (Wildman–Crippen MR) is 236 cm³/mol. The van der Waals surface area contributed by atoms with Gasteiger partial charge in [0, 0.05) is 12.8 Å². The Morgan fingerprint density at radius 3 is 0.812 bits per heavy atom. The summed E-state index contributed by atoms with van der Waals surface area (Å²) in [5.74, 6) is -1.94. The predicted octanol–water partition coefficient (Wildman–Crippen LogP) is 7.38. The Hall–Kier alpha value is -6.84. The first-order valence-electron chi connectivity index (χ1n) is 20.4. The van der Waals surface area contributed by atoms with Gasteiger partial charge < -0.3 is 58.3 Å². The Labute approximate surface area is 373 Å². The van der Waals surface area contributed by atoms with E-state index in [1.165, 1.54) is 56.9 Å². The smallest absolute Gasteiger partial charge is 0.307 e. The van der Waals surface area contributed by atoms with Gasteiger partial charge in [0.25, 0.3) is 0 Å². The zero-order valence-corrected chi connectivity index (χ0v) is 37.6. The van der Waals surface area contributed by atoms with E-state index in [0.717, 1.165) is 22.3 Å². The van der Waals surface area contributed by atoms with Crippen molar-refractivity contribution < 1.29 is 77.5 Å². The molecule has 0 spiro atoms. The Morgan fingerprint density at radius 2 is 0.609 bits per heavy atom. The van der Waals surface area contributed by atoms with Crippen LogP contribution in [-0.4, -0.2) is 101 Å². The molecule has 0 aliphatic rings. The number of carboxylic acids is 4. The van der Waals surface area contributed by atoms with Crippen LogP contribution in [0.4, 0.5) is 0 Å². The van der Waals surface area contributed by atoms with Gasteiger partial charge in [-0.1, -0.05) is 24.3 Å². The summed E-state index contributed by atoms with van der Waals surface area (Å²) in [5, 5.41) is 38.4. The molecule has 4 atom stereocenters. The fourth-order valence-electron chi connectivity index (χ4n) is 7.56. The summed E-state index contributed by atoms with van der Waals surface area (Å²) in [6.07, 6.45) is 1.46. The van der Waals surface area contributed by atoms with E-state index in [0.29, 0.717) is 58.8 Å². The topological polar surface area (TPSA) is 223 Å².